The van der Waals surface area contributed by atoms with Crippen LogP contribution >= 0.6 is 11.8 Å². The Bertz CT molecular complexity index is 361. The van der Waals surface area contributed by atoms with Crippen molar-refractivity contribution < 1.29 is 4.74 Å². The summed E-state index contributed by atoms with van der Waals surface area (Å²) in [4.78, 5) is 1.22. The molecule has 1 fully saturated rings. The first kappa shape index (κ1) is 12.6. The van der Waals surface area contributed by atoms with Gasteiger partial charge in [-0.1, -0.05) is 19.3 Å². The van der Waals surface area contributed by atoms with E-state index in [1.807, 2.05) is 23.9 Å². The standard InChI is InChI=1S/C14H21NOS/c1-16-13-9-12(15)7-8-14(13)17-10-11-5-3-2-4-6-11/h7-9,11H,2-6,10,15H2,1H3. The summed E-state index contributed by atoms with van der Waals surface area (Å²) in [7, 11) is 1.71. The van der Waals surface area contributed by atoms with Crippen LogP contribution in [-0.4, -0.2) is 12.9 Å². The third kappa shape index (κ3) is 3.56. The highest BCUT2D eigenvalue weighted by Gasteiger charge is 2.14. The number of hydrogen-bond acceptors (Lipinski definition) is 3. The maximum atomic E-state index is 5.75. The van der Waals surface area contributed by atoms with E-state index in [1.165, 1.54) is 42.8 Å². The van der Waals surface area contributed by atoms with Crippen molar-refractivity contribution in [1.29, 1.82) is 0 Å². The normalized spacial score (nSPS) is 17.0. The minimum atomic E-state index is 0.767. The second-order valence-corrected chi connectivity index (χ2v) is 5.79. The van der Waals surface area contributed by atoms with Crippen molar-refractivity contribution in [3.05, 3.63) is 18.2 Å². The molecule has 94 valence electrons. The molecule has 1 aliphatic carbocycles. The fraction of sp³-hybridized carbons (Fsp3) is 0.571. The molecule has 3 heteroatoms. The van der Waals surface area contributed by atoms with Crippen LogP contribution in [0.5, 0.6) is 5.75 Å². The number of nitrogens with two attached hydrogens (primary N) is 1. The van der Waals surface area contributed by atoms with E-state index in [-0.39, 0.29) is 0 Å². The fourth-order valence-corrected chi connectivity index (χ4v) is 3.56. The largest absolute Gasteiger partial charge is 0.496 e. The van der Waals surface area contributed by atoms with Crippen molar-refractivity contribution in [1.82, 2.24) is 0 Å². The Morgan fingerprint density at radius 1 is 1.29 bits per heavy atom. The second-order valence-electron chi connectivity index (χ2n) is 4.73. The van der Waals surface area contributed by atoms with Crippen LogP contribution in [0.3, 0.4) is 0 Å². The Labute approximate surface area is 108 Å². The molecule has 0 bridgehead atoms. The monoisotopic (exact) mass is 251 g/mol. The summed E-state index contributed by atoms with van der Waals surface area (Å²) in [6.07, 6.45) is 7.02. The van der Waals surface area contributed by atoms with Gasteiger partial charge in [0.2, 0.25) is 0 Å². The van der Waals surface area contributed by atoms with Crippen LogP contribution in [0.15, 0.2) is 23.1 Å². The molecule has 0 unspecified atom stereocenters. The molecule has 17 heavy (non-hydrogen) atoms. The lowest BCUT2D eigenvalue weighted by Crippen LogP contribution is -2.08. The number of thioether (sulfide) groups is 1. The molecule has 1 saturated carbocycles. The lowest BCUT2D eigenvalue weighted by molar-refractivity contribution is 0.390. The first-order valence-corrected chi connectivity index (χ1v) is 7.34. The topological polar surface area (TPSA) is 35.2 Å². The Morgan fingerprint density at radius 2 is 2.06 bits per heavy atom. The summed E-state index contributed by atoms with van der Waals surface area (Å²) in [5, 5.41) is 0. The quantitative estimate of drug-likeness (QED) is 0.650. The average molecular weight is 251 g/mol. The van der Waals surface area contributed by atoms with Crippen LogP contribution in [0.25, 0.3) is 0 Å². The molecule has 1 aliphatic rings. The van der Waals surface area contributed by atoms with E-state index in [1.54, 1.807) is 7.11 Å². The van der Waals surface area contributed by atoms with Gasteiger partial charge in [0, 0.05) is 22.4 Å². The van der Waals surface area contributed by atoms with Gasteiger partial charge in [-0.25, -0.2) is 0 Å². The maximum Gasteiger partial charge on any atom is 0.134 e. The molecular formula is C14H21NOS. The molecule has 1 aromatic carbocycles. The van der Waals surface area contributed by atoms with Crippen molar-refractivity contribution in [2.45, 2.75) is 37.0 Å². The second kappa shape index (κ2) is 6.20. The number of rotatable bonds is 4. The van der Waals surface area contributed by atoms with Gasteiger partial charge in [0.15, 0.2) is 0 Å². The zero-order valence-corrected chi connectivity index (χ0v) is 11.3. The average Bonchev–Trinajstić information content (AvgIpc) is 2.38. The highest BCUT2D eigenvalue weighted by molar-refractivity contribution is 7.99. The molecule has 0 heterocycles. The molecule has 0 radical (unpaired) electrons. The first-order valence-electron chi connectivity index (χ1n) is 6.36. The molecule has 1 aromatic rings. The van der Waals surface area contributed by atoms with Crippen LogP contribution in [0.2, 0.25) is 0 Å². The number of ether oxygens (including phenoxy) is 1. The third-order valence-electron chi connectivity index (χ3n) is 3.39. The SMILES string of the molecule is COc1cc(N)ccc1SCC1CCCCC1. The minimum Gasteiger partial charge on any atom is -0.496 e. The lowest BCUT2D eigenvalue weighted by Gasteiger charge is -2.21. The van der Waals surface area contributed by atoms with E-state index in [2.05, 4.69) is 6.07 Å². The molecule has 2 N–H and O–H groups in total. The molecule has 0 spiro atoms. The van der Waals surface area contributed by atoms with E-state index in [9.17, 15) is 0 Å². The molecule has 0 amide bonds. The number of hydrogen-bond donors (Lipinski definition) is 1. The van der Waals surface area contributed by atoms with Crippen molar-refractivity contribution >= 4 is 17.4 Å². The smallest absolute Gasteiger partial charge is 0.134 e. The van der Waals surface area contributed by atoms with E-state index < -0.39 is 0 Å². The van der Waals surface area contributed by atoms with E-state index in [0.29, 0.717) is 0 Å². The van der Waals surface area contributed by atoms with Gasteiger partial charge >= 0.3 is 0 Å². The highest BCUT2D eigenvalue weighted by Crippen LogP contribution is 2.35. The van der Waals surface area contributed by atoms with Gasteiger partial charge in [-0.15, -0.1) is 11.8 Å². The predicted octanol–water partition coefficient (Wildman–Crippen LogP) is 3.95. The van der Waals surface area contributed by atoms with Gasteiger partial charge in [0.1, 0.15) is 5.75 Å². The zero-order chi connectivity index (χ0) is 12.1. The van der Waals surface area contributed by atoms with Crippen LogP contribution in [0, 0.1) is 5.92 Å². The highest BCUT2D eigenvalue weighted by atomic mass is 32.2. The van der Waals surface area contributed by atoms with Crippen LogP contribution in [-0.2, 0) is 0 Å². The van der Waals surface area contributed by atoms with Gasteiger partial charge < -0.3 is 10.5 Å². The van der Waals surface area contributed by atoms with Crippen molar-refractivity contribution in [3.8, 4) is 5.75 Å². The van der Waals surface area contributed by atoms with Gasteiger partial charge in [-0.05, 0) is 30.9 Å². The maximum absolute atomic E-state index is 5.75. The van der Waals surface area contributed by atoms with Crippen molar-refractivity contribution in [2.24, 2.45) is 5.92 Å². The molecule has 0 atom stereocenters. The molecule has 2 rings (SSSR count). The number of anilines is 1. The summed E-state index contributed by atoms with van der Waals surface area (Å²) >= 11 is 1.91. The first-order chi connectivity index (χ1) is 8.29. The lowest BCUT2D eigenvalue weighted by atomic mass is 9.91. The van der Waals surface area contributed by atoms with E-state index in [4.69, 9.17) is 10.5 Å². The van der Waals surface area contributed by atoms with E-state index in [0.717, 1.165) is 17.4 Å². The summed E-state index contributed by atoms with van der Waals surface area (Å²) < 4.78 is 5.37. The number of benzene rings is 1. The molecule has 0 saturated heterocycles. The van der Waals surface area contributed by atoms with Crippen LogP contribution in [0.4, 0.5) is 5.69 Å². The van der Waals surface area contributed by atoms with Crippen LogP contribution < -0.4 is 10.5 Å². The third-order valence-corrected chi connectivity index (χ3v) is 4.67. The molecule has 0 aliphatic heterocycles. The van der Waals surface area contributed by atoms with Gasteiger partial charge in [-0.3, -0.25) is 0 Å². The van der Waals surface area contributed by atoms with Crippen molar-refractivity contribution in [3.63, 3.8) is 0 Å². The van der Waals surface area contributed by atoms with Gasteiger partial charge in [0.25, 0.3) is 0 Å². The molecular weight excluding hydrogens is 230 g/mol. The number of nitrogen functional groups attached to an aromatic ring is 1. The van der Waals surface area contributed by atoms with E-state index >= 15 is 0 Å². The van der Waals surface area contributed by atoms with Crippen molar-refractivity contribution in [2.75, 3.05) is 18.6 Å². The summed E-state index contributed by atoms with van der Waals surface area (Å²) in [6, 6.07) is 5.93. The summed E-state index contributed by atoms with van der Waals surface area (Å²) in [5.41, 5.74) is 6.52. The van der Waals surface area contributed by atoms with Crippen LogP contribution in [0.1, 0.15) is 32.1 Å². The minimum absolute atomic E-state index is 0.767. The molecule has 2 nitrogen and oxygen atoms in total. The van der Waals surface area contributed by atoms with Gasteiger partial charge in [-0.2, -0.15) is 0 Å². The summed E-state index contributed by atoms with van der Waals surface area (Å²) in [6.45, 7) is 0. The Balaban J connectivity index is 1.93. The number of methoxy groups -OCH3 is 1. The predicted molar refractivity (Wildman–Crippen MR) is 74.7 cm³/mol. The summed E-state index contributed by atoms with van der Waals surface area (Å²) in [5.74, 6) is 3.00. The Morgan fingerprint density at radius 3 is 2.76 bits per heavy atom. The Hall–Kier alpha value is -0.830. The molecule has 0 aromatic heterocycles. The Kier molecular flexibility index (Phi) is 4.60. The zero-order valence-electron chi connectivity index (χ0n) is 10.4. The fourth-order valence-electron chi connectivity index (χ4n) is 2.36. The van der Waals surface area contributed by atoms with Gasteiger partial charge in [0.05, 0.1) is 7.11 Å².